The Morgan fingerprint density at radius 3 is 2.86 bits per heavy atom. The highest BCUT2D eigenvalue weighted by atomic mass is 35.5. The highest BCUT2D eigenvalue weighted by molar-refractivity contribution is 6.63. The van der Waals surface area contributed by atoms with Crippen LogP contribution < -0.4 is 0 Å². The fourth-order valence-electron chi connectivity index (χ4n) is 1.24. The first-order valence-electron chi connectivity index (χ1n) is 3.84. The van der Waals surface area contributed by atoms with Gasteiger partial charge in [-0.05, 0) is 17.7 Å². The number of carbonyl (C=O) groups excluding carboxylic acids is 1. The van der Waals surface area contributed by atoms with Gasteiger partial charge < -0.3 is 4.74 Å². The predicted octanol–water partition coefficient (Wildman–Crippen LogP) is 2.53. The van der Waals surface area contributed by atoms with E-state index in [1.807, 2.05) is 0 Å². The number of ether oxygens (including phenoxy) is 1. The van der Waals surface area contributed by atoms with Gasteiger partial charge in [-0.25, -0.2) is 4.99 Å². The highest BCUT2D eigenvalue weighted by Crippen LogP contribution is 2.39. The highest BCUT2D eigenvalue weighted by Gasteiger charge is 2.37. The van der Waals surface area contributed by atoms with Crippen LogP contribution in [0.3, 0.4) is 0 Å². The third-order valence-corrected chi connectivity index (χ3v) is 2.40. The Kier molecular flexibility index (Phi) is 2.21. The average molecular weight is 230 g/mol. The summed E-state index contributed by atoms with van der Waals surface area (Å²) in [5.74, 6) is 0. The number of halogens is 2. The van der Waals surface area contributed by atoms with Crippen molar-refractivity contribution in [2.24, 2.45) is 4.99 Å². The maximum atomic E-state index is 10.8. The molecule has 0 saturated carbocycles. The Morgan fingerprint density at radius 2 is 2.14 bits per heavy atom. The van der Waals surface area contributed by atoms with Crippen LogP contribution in [0.15, 0.2) is 29.3 Å². The Hall–Kier alpha value is -1.06. The number of aliphatic imine (C=N–C) groups is 1. The van der Waals surface area contributed by atoms with Crippen molar-refractivity contribution >= 4 is 40.5 Å². The van der Waals surface area contributed by atoms with Crippen molar-refractivity contribution in [3.8, 4) is 0 Å². The van der Waals surface area contributed by atoms with Crippen LogP contribution in [-0.2, 0) is 14.6 Å². The third kappa shape index (κ3) is 1.38. The lowest BCUT2D eigenvalue weighted by Gasteiger charge is -2.26. The number of carbonyl (C=O) groups is 1. The van der Waals surface area contributed by atoms with E-state index in [1.54, 1.807) is 24.3 Å². The smallest absolute Gasteiger partial charge is 0.289 e. The van der Waals surface area contributed by atoms with Crippen molar-refractivity contribution in [2.45, 2.75) is 5.06 Å². The van der Waals surface area contributed by atoms with Gasteiger partial charge in [0.2, 0.25) is 0 Å². The SMILES string of the molecule is O=CC1(Cl)OC(Cl)=Nc2ccccc21. The summed E-state index contributed by atoms with van der Waals surface area (Å²) in [5.41, 5.74) is 1.05. The standard InChI is InChI=1S/C9H5Cl2NO2/c10-8-12-7-4-2-1-3-6(7)9(11,5-13)14-8/h1-5H. The molecule has 0 bridgehead atoms. The number of benzene rings is 1. The van der Waals surface area contributed by atoms with Gasteiger partial charge in [0.25, 0.3) is 10.4 Å². The number of para-hydroxylation sites is 1. The number of hydrogen-bond acceptors (Lipinski definition) is 3. The first kappa shape index (κ1) is 9.49. The molecule has 0 N–H and O–H groups in total. The zero-order valence-corrected chi connectivity index (χ0v) is 8.42. The van der Waals surface area contributed by atoms with Crippen LogP contribution in [0, 0.1) is 0 Å². The molecule has 2 rings (SSSR count). The maximum absolute atomic E-state index is 10.8. The fraction of sp³-hybridized carbons (Fsp3) is 0.111. The molecule has 3 nitrogen and oxygen atoms in total. The van der Waals surface area contributed by atoms with E-state index in [-0.39, 0.29) is 5.36 Å². The van der Waals surface area contributed by atoms with E-state index in [0.29, 0.717) is 17.5 Å². The van der Waals surface area contributed by atoms with Gasteiger partial charge in [-0.2, -0.15) is 0 Å². The Labute approximate surface area is 90.3 Å². The Bertz CT molecular complexity index is 419. The Balaban J connectivity index is 2.64. The van der Waals surface area contributed by atoms with Gasteiger partial charge in [-0.3, -0.25) is 4.79 Å². The topological polar surface area (TPSA) is 38.7 Å². The molecule has 0 spiro atoms. The molecular weight excluding hydrogens is 225 g/mol. The molecule has 14 heavy (non-hydrogen) atoms. The first-order chi connectivity index (χ1) is 6.65. The summed E-state index contributed by atoms with van der Waals surface area (Å²) in [6.45, 7) is 0. The molecule has 72 valence electrons. The molecule has 1 aromatic rings. The summed E-state index contributed by atoms with van der Waals surface area (Å²) in [4.78, 5) is 14.7. The van der Waals surface area contributed by atoms with Gasteiger partial charge in [0.1, 0.15) is 0 Å². The van der Waals surface area contributed by atoms with Crippen LogP contribution in [0.25, 0.3) is 0 Å². The summed E-state index contributed by atoms with van der Waals surface area (Å²) in [7, 11) is 0. The van der Waals surface area contributed by atoms with Crippen molar-refractivity contribution in [1.82, 2.24) is 0 Å². The van der Waals surface area contributed by atoms with Crippen molar-refractivity contribution in [3.05, 3.63) is 29.8 Å². The molecule has 0 radical (unpaired) electrons. The molecule has 1 atom stereocenters. The molecule has 0 saturated heterocycles. The molecule has 0 aromatic heterocycles. The second-order valence-corrected chi connectivity index (χ2v) is 3.63. The van der Waals surface area contributed by atoms with E-state index in [0.717, 1.165) is 0 Å². The monoisotopic (exact) mass is 229 g/mol. The number of aldehydes is 1. The van der Waals surface area contributed by atoms with Crippen molar-refractivity contribution in [1.29, 1.82) is 0 Å². The van der Waals surface area contributed by atoms with E-state index < -0.39 is 5.06 Å². The zero-order chi connectivity index (χ0) is 10.2. The quantitative estimate of drug-likeness (QED) is 0.549. The molecule has 0 aliphatic carbocycles. The molecule has 0 fully saturated rings. The molecule has 1 aromatic carbocycles. The minimum Gasteiger partial charge on any atom is -0.435 e. The largest absolute Gasteiger partial charge is 0.435 e. The minimum absolute atomic E-state index is 0.134. The van der Waals surface area contributed by atoms with Gasteiger partial charge >= 0.3 is 0 Å². The van der Waals surface area contributed by atoms with Gasteiger partial charge in [0.15, 0.2) is 6.29 Å². The number of fused-ring (bicyclic) bond motifs is 1. The number of hydrogen-bond donors (Lipinski definition) is 0. The van der Waals surface area contributed by atoms with Gasteiger partial charge in [-0.15, -0.1) is 0 Å². The molecule has 1 heterocycles. The summed E-state index contributed by atoms with van der Waals surface area (Å²) in [5, 5.41) is -1.68. The van der Waals surface area contributed by atoms with Crippen LogP contribution in [0.5, 0.6) is 0 Å². The van der Waals surface area contributed by atoms with E-state index in [4.69, 9.17) is 27.9 Å². The van der Waals surface area contributed by atoms with Crippen molar-refractivity contribution in [3.63, 3.8) is 0 Å². The van der Waals surface area contributed by atoms with E-state index in [9.17, 15) is 4.79 Å². The van der Waals surface area contributed by atoms with Crippen molar-refractivity contribution < 1.29 is 9.53 Å². The molecule has 0 amide bonds. The molecular formula is C9H5Cl2NO2. The summed E-state index contributed by atoms with van der Waals surface area (Å²) < 4.78 is 4.96. The van der Waals surface area contributed by atoms with Gasteiger partial charge in [0.05, 0.1) is 5.69 Å². The lowest BCUT2D eigenvalue weighted by Crippen LogP contribution is -2.29. The first-order valence-corrected chi connectivity index (χ1v) is 4.59. The Morgan fingerprint density at radius 1 is 1.43 bits per heavy atom. The lowest BCUT2D eigenvalue weighted by molar-refractivity contribution is -0.117. The van der Waals surface area contributed by atoms with Crippen LogP contribution in [-0.4, -0.2) is 11.6 Å². The molecule has 5 heteroatoms. The maximum Gasteiger partial charge on any atom is 0.289 e. The number of alkyl halides is 1. The lowest BCUT2D eigenvalue weighted by atomic mass is 10.1. The second kappa shape index (κ2) is 3.26. The summed E-state index contributed by atoms with van der Waals surface area (Å²) in [6, 6.07) is 6.90. The second-order valence-electron chi connectivity index (χ2n) is 2.75. The zero-order valence-electron chi connectivity index (χ0n) is 6.91. The van der Waals surface area contributed by atoms with E-state index in [2.05, 4.69) is 4.99 Å². The van der Waals surface area contributed by atoms with Gasteiger partial charge in [0, 0.05) is 5.56 Å². The minimum atomic E-state index is -1.55. The average Bonchev–Trinajstić information content (AvgIpc) is 2.17. The third-order valence-electron chi connectivity index (χ3n) is 1.86. The normalized spacial score (nSPS) is 24.6. The molecule has 1 unspecified atom stereocenters. The number of rotatable bonds is 1. The van der Waals surface area contributed by atoms with Crippen LogP contribution in [0.1, 0.15) is 5.56 Å². The van der Waals surface area contributed by atoms with Crippen molar-refractivity contribution in [2.75, 3.05) is 0 Å². The number of nitrogens with zero attached hydrogens (tertiary/aromatic N) is 1. The summed E-state index contributed by atoms with van der Waals surface area (Å²) in [6.07, 6.45) is 0.491. The molecule has 1 aliphatic heterocycles. The summed E-state index contributed by atoms with van der Waals surface area (Å²) >= 11 is 11.5. The van der Waals surface area contributed by atoms with Crippen LogP contribution >= 0.6 is 23.2 Å². The van der Waals surface area contributed by atoms with Crippen LogP contribution in [0.4, 0.5) is 5.69 Å². The predicted molar refractivity (Wildman–Crippen MR) is 54.1 cm³/mol. The van der Waals surface area contributed by atoms with Crippen LogP contribution in [0.2, 0.25) is 0 Å². The van der Waals surface area contributed by atoms with Gasteiger partial charge in [-0.1, -0.05) is 29.8 Å². The van der Waals surface area contributed by atoms with E-state index >= 15 is 0 Å². The molecule has 1 aliphatic rings. The fourth-order valence-corrected chi connectivity index (χ4v) is 1.73. The van der Waals surface area contributed by atoms with E-state index in [1.165, 1.54) is 0 Å².